The smallest absolute Gasteiger partial charge is 0.303 e. The summed E-state index contributed by atoms with van der Waals surface area (Å²) in [6.45, 7) is 1.89. The van der Waals surface area contributed by atoms with Gasteiger partial charge in [0, 0.05) is 6.42 Å². The molecule has 0 heterocycles. The van der Waals surface area contributed by atoms with Crippen LogP contribution in [0, 0.1) is 12.7 Å². The Kier molecular flexibility index (Phi) is 4.27. The maximum atomic E-state index is 13.2. The highest BCUT2D eigenvalue weighted by Crippen LogP contribution is 2.25. The topological polar surface area (TPSA) is 37.3 Å². The lowest BCUT2D eigenvalue weighted by Gasteiger charge is -2.08. The Morgan fingerprint density at radius 2 is 2.20 bits per heavy atom. The predicted molar refractivity (Wildman–Crippen MR) is 59.4 cm³/mol. The molecule has 1 aromatic carbocycles. The summed E-state index contributed by atoms with van der Waals surface area (Å²) in [7, 11) is 0. The molecule has 2 nitrogen and oxygen atoms in total. The molecule has 82 valence electrons. The van der Waals surface area contributed by atoms with E-state index in [9.17, 15) is 9.18 Å². The molecule has 0 saturated carbocycles. The SMILES string of the molecule is Cc1ccc(F)c(Br)c1CCCC(=O)O. The first-order valence-corrected chi connectivity index (χ1v) is 5.47. The van der Waals surface area contributed by atoms with Gasteiger partial charge in [0.1, 0.15) is 5.82 Å². The van der Waals surface area contributed by atoms with Gasteiger partial charge in [0.05, 0.1) is 4.47 Å². The summed E-state index contributed by atoms with van der Waals surface area (Å²) in [5, 5.41) is 8.50. The zero-order chi connectivity index (χ0) is 11.4. The molecule has 0 atom stereocenters. The number of benzene rings is 1. The average molecular weight is 275 g/mol. The molecular formula is C11H12BrFO2. The van der Waals surface area contributed by atoms with Gasteiger partial charge in [-0.3, -0.25) is 4.79 Å². The molecule has 0 bridgehead atoms. The van der Waals surface area contributed by atoms with Gasteiger partial charge in [-0.15, -0.1) is 0 Å². The first-order valence-electron chi connectivity index (χ1n) is 4.67. The van der Waals surface area contributed by atoms with Crippen molar-refractivity contribution >= 4 is 21.9 Å². The van der Waals surface area contributed by atoms with Crippen molar-refractivity contribution in [3.63, 3.8) is 0 Å². The van der Waals surface area contributed by atoms with Crippen molar-refractivity contribution < 1.29 is 14.3 Å². The molecule has 0 unspecified atom stereocenters. The van der Waals surface area contributed by atoms with E-state index in [1.54, 1.807) is 6.07 Å². The third-order valence-electron chi connectivity index (χ3n) is 2.25. The van der Waals surface area contributed by atoms with Crippen LogP contribution in [0.15, 0.2) is 16.6 Å². The maximum absolute atomic E-state index is 13.2. The van der Waals surface area contributed by atoms with E-state index < -0.39 is 5.97 Å². The molecule has 15 heavy (non-hydrogen) atoms. The van der Waals surface area contributed by atoms with Crippen LogP contribution in [0.2, 0.25) is 0 Å². The second-order valence-electron chi connectivity index (χ2n) is 3.40. The number of carbonyl (C=O) groups is 1. The van der Waals surface area contributed by atoms with Crippen LogP contribution in [0.4, 0.5) is 4.39 Å². The summed E-state index contributed by atoms with van der Waals surface area (Å²) in [5.41, 5.74) is 1.84. The molecule has 0 saturated heterocycles. The largest absolute Gasteiger partial charge is 0.481 e. The highest BCUT2D eigenvalue weighted by atomic mass is 79.9. The summed E-state index contributed by atoms with van der Waals surface area (Å²) < 4.78 is 13.6. The lowest BCUT2D eigenvalue weighted by atomic mass is 10.0. The molecule has 0 aliphatic rings. The summed E-state index contributed by atoms with van der Waals surface area (Å²) in [6, 6.07) is 3.11. The van der Waals surface area contributed by atoms with Crippen LogP contribution in [0.25, 0.3) is 0 Å². The van der Waals surface area contributed by atoms with Gasteiger partial charge in [-0.1, -0.05) is 6.07 Å². The van der Waals surface area contributed by atoms with Gasteiger partial charge >= 0.3 is 5.97 Å². The van der Waals surface area contributed by atoms with Crippen molar-refractivity contribution in [1.82, 2.24) is 0 Å². The molecule has 0 fully saturated rings. The summed E-state index contributed by atoms with van der Waals surface area (Å²) in [5.74, 6) is -1.12. The molecule has 0 aliphatic heterocycles. The number of carboxylic acids is 1. The minimum absolute atomic E-state index is 0.113. The highest BCUT2D eigenvalue weighted by molar-refractivity contribution is 9.10. The Bertz CT molecular complexity index is 377. The molecule has 1 N–H and O–H groups in total. The van der Waals surface area contributed by atoms with Gasteiger partial charge in [0.15, 0.2) is 0 Å². The Morgan fingerprint density at radius 1 is 1.53 bits per heavy atom. The van der Waals surface area contributed by atoms with Crippen molar-refractivity contribution in [3.8, 4) is 0 Å². The number of aryl methyl sites for hydroxylation is 1. The Morgan fingerprint density at radius 3 is 2.80 bits per heavy atom. The second kappa shape index (κ2) is 5.26. The highest BCUT2D eigenvalue weighted by Gasteiger charge is 2.09. The fraction of sp³-hybridized carbons (Fsp3) is 0.364. The van der Waals surface area contributed by atoms with E-state index in [0.717, 1.165) is 11.1 Å². The molecule has 0 amide bonds. The van der Waals surface area contributed by atoms with Crippen LogP contribution >= 0.6 is 15.9 Å². The molecule has 0 radical (unpaired) electrons. The van der Waals surface area contributed by atoms with Gasteiger partial charge < -0.3 is 5.11 Å². The Balaban J connectivity index is 2.75. The molecule has 4 heteroatoms. The number of carboxylic acid groups (broad SMARTS) is 1. The van der Waals surface area contributed by atoms with E-state index >= 15 is 0 Å². The third kappa shape index (κ3) is 3.30. The normalized spacial score (nSPS) is 10.3. The third-order valence-corrected chi connectivity index (χ3v) is 3.11. The van der Waals surface area contributed by atoms with Crippen molar-refractivity contribution in [1.29, 1.82) is 0 Å². The van der Waals surface area contributed by atoms with Crippen LogP contribution in [0.5, 0.6) is 0 Å². The first kappa shape index (κ1) is 12.2. The Labute approximate surface area is 96.2 Å². The quantitative estimate of drug-likeness (QED) is 0.915. The molecule has 0 aliphatic carbocycles. The van der Waals surface area contributed by atoms with Crippen molar-refractivity contribution in [2.24, 2.45) is 0 Å². The first-order chi connectivity index (χ1) is 7.02. The number of hydrogen-bond acceptors (Lipinski definition) is 1. The number of hydrogen-bond donors (Lipinski definition) is 1. The van der Waals surface area contributed by atoms with Crippen LogP contribution in [-0.2, 0) is 11.2 Å². The standard InChI is InChI=1S/C11H12BrFO2/c1-7-5-6-9(13)11(12)8(7)3-2-4-10(14)15/h5-6H,2-4H2,1H3,(H,14,15). The van der Waals surface area contributed by atoms with E-state index in [4.69, 9.17) is 5.11 Å². The molecular weight excluding hydrogens is 263 g/mol. The zero-order valence-corrected chi connectivity index (χ0v) is 9.97. The van der Waals surface area contributed by atoms with Crippen LogP contribution < -0.4 is 0 Å². The monoisotopic (exact) mass is 274 g/mol. The number of halogens is 2. The molecule has 1 aromatic rings. The van der Waals surface area contributed by atoms with E-state index in [0.29, 0.717) is 17.3 Å². The lowest BCUT2D eigenvalue weighted by molar-refractivity contribution is -0.137. The average Bonchev–Trinajstić information content (AvgIpc) is 2.17. The van der Waals surface area contributed by atoms with E-state index in [1.807, 2.05) is 6.92 Å². The van der Waals surface area contributed by atoms with E-state index in [-0.39, 0.29) is 12.2 Å². The fourth-order valence-corrected chi connectivity index (χ4v) is 2.06. The fourth-order valence-electron chi connectivity index (χ4n) is 1.41. The number of rotatable bonds is 4. The minimum atomic E-state index is -0.819. The van der Waals surface area contributed by atoms with Gasteiger partial charge in [-0.2, -0.15) is 0 Å². The summed E-state index contributed by atoms with van der Waals surface area (Å²) in [6.07, 6.45) is 1.22. The molecule has 1 rings (SSSR count). The molecule has 0 aromatic heterocycles. The van der Waals surface area contributed by atoms with Crippen molar-refractivity contribution in [2.75, 3.05) is 0 Å². The molecule has 0 spiro atoms. The van der Waals surface area contributed by atoms with Crippen molar-refractivity contribution in [3.05, 3.63) is 33.5 Å². The predicted octanol–water partition coefficient (Wildman–Crippen LogP) is 3.30. The van der Waals surface area contributed by atoms with Crippen LogP contribution in [-0.4, -0.2) is 11.1 Å². The van der Waals surface area contributed by atoms with Gasteiger partial charge in [0.2, 0.25) is 0 Å². The van der Waals surface area contributed by atoms with Gasteiger partial charge in [-0.05, 0) is 52.9 Å². The number of aliphatic carboxylic acids is 1. The van der Waals surface area contributed by atoms with Gasteiger partial charge in [0.25, 0.3) is 0 Å². The Hall–Kier alpha value is -0.900. The zero-order valence-electron chi connectivity index (χ0n) is 8.39. The van der Waals surface area contributed by atoms with Gasteiger partial charge in [-0.25, -0.2) is 4.39 Å². The minimum Gasteiger partial charge on any atom is -0.481 e. The van der Waals surface area contributed by atoms with E-state index in [2.05, 4.69) is 15.9 Å². The van der Waals surface area contributed by atoms with Crippen LogP contribution in [0.3, 0.4) is 0 Å². The lowest BCUT2D eigenvalue weighted by Crippen LogP contribution is -1.99. The summed E-state index contributed by atoms with van der Waals surface area (Å²) >= 11 is 3.18. The van der Waals surface area contributed by atoms with Crippen LogP contribution in [0.1, 0.15) is 24.0 Å². The summed E-state index contributed by atoms with van der Waals surface area (Å²) in [4.78, 5) is 10.3. The van der Waals surface area contributed by atoms with E-state index in [1.165, 1.54) is 6.07 Å². The maximum Gasteiger partial charge on any atom is 0.303 e. The van der Waals surface area contributed by atoms with Crippen molar-refractivity contribution in [2.45, 2.75) is 26.2 Å². The second-order valence-corrected chi connectivity index (χ2v) is 4.20.